The third-order valence-corrected chi connectivity index (χ3v) is 13.9. The van der Waals surface area contributed by atoms with Crippen LogP contribution >= 0.6 is 0 Å². The van der Waals surface area contributed by atoms with E-state index in [2.05, 4.69) is 0 Å². The Balaban J connectivity index is 2.11. The van der Waals surface area contributed by atoms with Crippen molar-refractivity contribution < 1.29 is 74.1 Å². The van der Waals surface area contributed by atoms with Crippen LogP contribution in [0.1, 0.15) is 94.9 Å². The molecule has 3 rings (SSSR count). The second-order valence-electron chi connectivity index (χ2n) is 19.5. The quantitative estimate of drug-likeness (QED) is 0.100. The van der Waals surface area contributed by atoms with Gasteiger partial charge in [-0.15, -0.1) is 0 Å². The molecule has 0 amide bonds. The van der Waals surface area contributed by atoms with E-state index in [1.807, 2.05) is 30.7 Å². The summed E-state index contributed by atoms with van der Waals surface area (Å²) in [6, 6.07) is -1.14. The monoisotopic (exact) mass is 896 g/mol. The predicted molar refractivity (Wildman–Crippen MR) is 230 cm³/mol. The van der Waals surface area contributed by atoms with E-state index in [9.17, 15) is 45.6 Å². The molecule has 0 aromatic carbocycles. The first-order valence-corrected chi connectivity index (χ1v) is 22.7. The second kappa shape index (κ2) is 23.5. The molecular weight excluding hydrogens is 810 g/mol. The van der Waals surface area contributed by atoms with Crippen LogP contribution in [0.15, 0.2) is 0 Å². The molecule has 3 heterocycles. The lowest BCUT2D eigenvalue weighted by Crippen LogP contribution is -2.61. The lowest BCUT2D eigenvalue weighted by molar-refractivity contribution is -0.318. The fourth-order valence-electron chi connectivity index (χ4n) is 10.1. The topological polar surface area (TPSA) is 244 Å². The molecule has 18 heteroatoms. The first-order valence-electron chi connectivity index (χ1n) is 22.7. The van der Waals surface area contributed by atoms with Crippen molar-refractivity contribution in [3.63, 3.8) is 0 Å². The molecule has 0 aromatic heterocycles. The van der Waals surface area contributed by atoms with Gasteiger partial charge in [0.1, 0.15) is 30.0 Å². The van der Waals surface area contributed by atoms with Crippen molar-refractivity contribution in [2.75, 3.05) is 67.1 Å². The Hall–Kier alpha value is -1.17. The summed E-state index contributed by atoms with van der Waals surface area (Å²) >= 11 is 0. The Morgan fingerprint density at radius 1 is 0.919 bits per heavy atom. The van der Waals surface area contributed by atoms with Crippen molar-refractivity contribution >= 4 is 5.97 Å². The summed E-state index contributed by atoms with van der Waals surface area (Å²) < 4.78 is 37.9. The number of nitrogens with zero attached hydrogens (tertiary/aromatic N) is 3. The van der Waals surface area contributed by atoms with Crippen molar-refractivity contribution in [2.45, 2.75) is 191 Å². The van der Waals surface area contributed by atoms with Crippen LogP contribution in [0, 0.1) is 17.8 Å². The Morgan fingerprint density at radius 3 is 2.10 bits per heavy atom. The van der Waals surface area contributed by atoms with E-state index < -0.39 is 114 Å². The summed E-state index contributed by atoms with van der Waals surface area (Å²) in [5.41, 5.74) is -4.58. The van der Waals surface area contributed by atoms with Gasteiger partial charge in [0, 0.05) is 64.3 Å². The summed E-state index contributed by atoms with van der Waals surface area (Å²) in [6.07, 6.45) is -10.4. The molecule has 366 valence electrons. The van der Waals surface area contributed by atoms with E-state index >= 15 is 0 Å². The molecule has 0 radical (unpaired) electrons. The minimum atomic E-state index is -1.85. The van der Waals surface area contributed by atoms with Crippen molar-refractivity contribution in [1.29, 1.82) is 0 Å². The molecule has 0 spiro atoms. The minimum Gasteiger partial charge on any atom is -0.459 e. The standard InChI is InChI=1S/C44H85N3O15/c1-14-33-44(10,56)37(52)29(6)45(11)22-25(2)20-42(8,55)39(27(4)36(28(5)40(54)60-33)61-34-21-43(9,57-13)38(53)30(7)59-34)62-41-35(51)32(19-26(3)58-41)46(12)23-31(50)24-47(15-17-48)16-18-49/h25-39,41,48-53,55-56H,14-24H2,1-13H3/t25-,26-,27+,28-,29-,30+,31?,32?,33-,34+,35-,36+,37-,38+,39-,41+,42-,43-,44-/m1/s1. The van der Waals surface area contributed by atoms with Gasteiger partial charge in [0.2, 0.25) is 0 Å². The summed E-state index contributed by atoms with van der Waals surface area (Å²) in [5, 5.41) is 89.1. The van der Waals surface area contributed by atoms with Gasteiger partial charge in [0.15, 0.2) is 12.6 Å². The fraction of sp³-hybridized carbons (Fsp3) is 0.977. The van der Waals surface area contributed by atoms with Gasteiger partial charge in [-0.2, -0.15) is 0 Å². The van der Waals surface area contributed by atoms with E-state index in [0.29, 0.717) is 13.0 Å². The van der Waals surface area contributed by atoms with Crippen LogP contribution in [-0.2, 0) is 33.2 Å². The zero-order chi connectivity index (χ0) is 47.1. The van der Waals surface area contributed by atoms with Crippen molar-refractivity contribution in [3.8, 4) is 0 Å². The third-order valence-electron chi connectivity index (χ3n) is 13.9. The van der Waals surface area contributed by atoms with Gasteiger partial charge in [-0.1, -0.05) is 20.8 Å². The Kier molecular flexibility index (Phi) is 20.9. The SMILES string of the molecule is CC[C@H]1OC(=O)[C@H](C)[C@@H](O[C@H]2C[C@@](C)(OC)[C@@H](O)[C@H](C)O2)[C@H](C)[C@@H](O[C@@H]2O[C@H](C)CC(N(C)CC(O)CN(CCO)CCO)[C@H]2O)[C@](C)(O)C[C@@H](C)CN(C)[C@H](C)[C@@H](O)[C@]1(C)O. The molecule has 0 aromatic rings. The van der Waals surface area contributed by atoms with E-state index in [-0.39, 0.29) is 64.6 Å². The maximum atomic E-state index is 14.4. The Bertz CT molecular complexity index is 1340. The zero-order valence-electron chi connectivity index (χ0n) is 39.8. The molecule has 3 saturated heterocycles. The van der Waals surface area contributed by atoms with Crippen LogP contribution in [0.2, 0.25) is 0 Å². The minimum absolute atomic E-state index is 0.0846. The van der Waals surface area contributed by atoms with Crippen LogP contribution in [-0.4, -0.2) is 225 Å². The van der Waals surface area contributed by atoms with Crippen molar-refractivity contribution in [3.05, 3.63) is 0 Å². The van der Waals surface area contributed by atoms with Gasteiger partial charge in [-0.3, -0.25) is 14.6 Å². The number of esters is 1. The molecule has 0 bridgehead atoms. The number of hydrogen-bond donors (Lipinski definition) is 8. The third kappa shape index (κ3) is 13.7. The summed E-state index contributed by atoms with van der Waals surface area (Å²) in [4.78, 5) is 19.9. The highest BCUT2D eigenvalue weighted by molar-refractivity contribution is 5.73. The van der Waals surface area contributed by atoms with Crippen molar-refractivity contribution in [1.82, 2.24) is 14.7 Å². The van der Waals surface area contributed by atoms with Gasteiger partial charge in [-0.25, -0.2) is 0 Å². The maximum absolute atomic E-state index is 14.4. The smallest absolute Gasteiger partial charge is 0.311 e. The number of rotatable bonds is 15. The highest BCUT2D eigenvalue weighted by Crippen LogP contribution is 2.40. The van der Waals surface area contributed by atoms with E-state index in [0.717, 1.165) is 0 Å². The Labute approximate surface area is 370 Å². The van der Waals surface area contributed by atoms with E-state index in [4.69, 9.17) is 28.4 Å². The van der Waals surface area contributed by atoms with E-state index in [1.54, 1.807) is 60.4 Å². The number of likely N-dealkylation sites (N-methyl/N-ethyl adjacent to an activating group) is 2. The molecule has 3 fully saturated rings. The largest absolute Gasteiger partial charge is 0.459 e. The normalized spacial score (nSPS) is 44.2. The molecule has 2 unspecified atom stereocenters. The van der Waals surface area contributed by atoms with Crippen LogP contribution in [0.4, 0.5) is 0 Å². The number of aliphatic hydroxyl groups is 8. The van der Waals surface area contributed by atoms with E-state index in [1.165, 1.54) is 14.0 Å². The Morgan fingerprint density at radius 2 is 1.53 bits per heavy atom. The van der Waals surface area contributed by atoms with Gasteiger partial charge < -0.3 is 74.2 Å². The summed E-state index contributed by atoms with van der Waals surface area (Å²) in [7, 11) is 5.08. The first-order chi connectivity index (χ1) is 28.8. The van der Waals surface area contributed by atoms with Crippen LogP contribution in [0.5, 0.6) is 0 Å². The number of methoxy groups -OCH3 is 1. The molecule has 19 atom stereocenters. The number of ether oxygens (including phenoxy) is 6. The number of aliphatic hydroxyl groups excluding tert-OH is 6. The molecule has 0 aliphatic carbocycles. The number of carbonyl (C=O) groups is 1. The average molecular weight is 896 g/mol. The zero-order valence-corrected chi connectivity index (χ0v) is 39.8. The number of carbonyl (C=O) groups excluding carboxylic acids is 1. The van der Waals surface area contributed by atoms with Crippen LogP contribution < -0.4 is 0 Å². The van der Waals surface area contributed by atoms with Gasteiger partial charge in [0.25, 0.3) is 0 Å². The van der Waals surface area contributed by atoms with Gasteiger partial charge in [-0.05, 0) is 87.7 Å². The lowest BCUT2D eigenvalue weighted by atomic mass is 9.77. The predicted octanol–water partition coefficient (Wildman–Crippen LogP) is -0.0816. The van der Waals surface area contributed by atoms with Gasteiger partial charge in [0.05, 0.1) is 60.9 Å². The molecular formula is C44H85N3O15. The summed E-state index contributed by atoms with van der Waals surface area (Å²) in [5.74, 6) is -2.87. The number of hydrogen-bond acceptors (Lipinski definition) is 18. The highest BCUT2D eigenvalue weighted by Gasteiger charge is 2.53. The summed E-state index contributed by atoms with van der Waals surface area (Å²) in [6.45, 7) is 18.3. The van der Waals surface area contributed by atoms with Gasteiger partial charge >= 0.3 is 5.97 Å². The fourth-order valence-corrected chi connectivity index (χ4v) is 10.1. The lowest BCUT2D eigenvalue weighted by Gasteiger charge is -2.49. The molecule has 3 aliphatic heterocycles. The second-order valence-corrected chi connectivity index (χ2v) is 19.5. The molecule has 3 aliphatic rings. The number of cyclic esters (lactones) is 1. The molecule has 18 nitrogen and oxygen atoms in total. The molecule has 8 N–H and O–H groups in total. The highest BCUT2D eigenvalue weighted by atomic mass is 16.7. The molecule has 62 heavy (non-hydrogen) atoms. The van der Waals surface area contributed by atoms with Crippen molar-refractivity contribution in [2.24, 2.45) is 17.8 Å². The van der Waals surface area contributed by atoms with Crippen LogP contribution in [0.3, 0.4) is 0 Å². The first kappa shape index (κ1) is 55.2. The maximum Gasteiger partial charge on any atom is 0.311 e. The molecule has 0 saturated carbocycles. The van der Waals surface area contributed by atoms with Crippen LogP contribution in [0.25, 0.3) is 0 Å². The average Bonchev–Trinajstić information content (AvgIpc) is 3.19.